The van der Waals surface area contributed by atoms with Crippen LogP contribution in [0.2, 0.25) is 0 Å². The van der Waals surface area contributed by atoms with Crippen LogP contribution in [0.4, 0.5) is 5.69 Å². The molecule has 0 spiro atoms. The van der Waals surface area contributed by atoms with Crippen LogP contribution in [0.5, 0.6) is 0 Å². The molecule has 0 saturated carbocycles. The van der Waals surface area contributed by atoms with Gasteiger partial charge in [0, 0.05) is 29.6 Å². The number of aromatic nitrogens is 1. The Kier molecular flexibility index (Phi) is 4.77. The summed E-state index contributed by atoms with van der Waals surface area (Å²) in [7, 11) is 0. The van der Waals surface area contributed by atoms with Crippen LogP contribution in [0.15, 0.2) is 52.5 Å². The number of furan rings is 1. The molecule has 3 heterocycles. The second-order valence-electron chi connectivity index (χ2n) is 6.58. The highest BCUT2D eigenvalue weighted by Gasteiger charge is 2.34. The molecule has 4 rings (SSSR count). The molecule has 1 N–H and O–H groups in total. The molecule has 0 unspecified atom stereocenters. The van der Waals surface area contributed by atoms with Crippen LogP contribution in [0.1, 0.15) is 17.2 Å². The van der Waals surface area contributed by atoms with Gasteiger partial charge in [-0.05, 0) is 31.2 Å². The summed E-state index contributed by atoms with van der Waals surface area (Å²) in [6.45, 7) is 2.76. The lowest BCUT2D eigenvalue weighted by Crippen LogP contribution is -2.27. The summed E-state index contributed by atoms with van der Waals surface area (Å²) in [6.07, 6.45) is 1.80. The fraction of sp³-hybridized carbons (Fsp3) is 0.250. The van der Waals surface area contributed by atoms with Crippen molar-refractivity contribution in [3.63, 3.8) is 0 Å². The lowest BCUT2D eigenvalue weighted by atomic mass is 10.1. The summed E-state index contributed by atoms with van der Waals surface area (Å²) < 4.78 is 5.29. The molecule has 0 radical (unpaired) electrons. The van der Waals surface area contributed by atoms with Gasteiger partial charge in [-0.15, -0.1) is 11.3 Å². The fourth-order valence-electron chi connectivity index (χ4n) is 3.19. The van der Waals surface area contributed by atoms with E-state index in [1.54, 1.807) is 28.6 Å². The number of benzene rings is 1. The standard InChI is InChI=1S/C20H19N3O3S/c1-13-21-18(12-27-13)14-4-2-5-16(8-14)22-20(25)15-9-19(24)23(10-15)11-17-6-3-7-26-17/h2-8,12,15H,9-11H2,1H3,(H,22,25)/t15-/m1/s1. The number of aryl methyl sites for hydroxylation is 1. The largest absolute Gasteiger partial charge is 0.467 e. The molecule has 1 aromatic carbocycles. The summed E-state index contributed by atoms with van der Waals surface area (Å²) in [5.41, 5.74) is 2.56. The molecule has 1 aliphatic rings. The fourth-order valence-corrected chi connectivity index (χ4v) is 3.81. The van der Waals surface area contributed by atoms with E-state index >= 15 is 0 Å². The molecule has 1 fully saturated rings. The zero-order valence-electron chi connectivity index (χ0n) is 14.8. The average molecular weight is 381 g/mol. The van der Waals surface area contributed by atoms with Gasteiger partial charge in [-0.1, -0.05) is 12.1 Å². The normalized spacial score (nSPS) is 16.7. The van der Waals surface area contributed by atoms with E-state index in [0.29, 0.717) is 18.8 Å². The molecule has 3 aromatic rings. The first kappa shape index (κ1) is 17.5. The highest BCUT2D eigenvalue weighted by atomic mass is 32.1. The molecule has 1 atom stereocenters. The Hall–Kier alpha value is -2.93. The lowest BCUT2D eigenvalue weighted by molar-refractivity contribution is -0.128. The zero-order valence-corrected chi connectivity index (χ0v) is 15.7. The summed E-state index contributed by atoms with van der Waals surface area (Å²) in [5, 5.41) is 5.93. The molecular formula is C20H19N3O3S. The number of nitrogens with one attached hydrogen (secondary N) is 1. The van der Waals surface area contributed by atoms with Gasteiger partial charge in [-0.2, -0.15) is 0 Å². The predicted octanol–water partition coefficient (Wildman–Crippen LogP) is 3.70. The summed E-state index contributed by atoms with van der Waals surface area (Å²) in [4.78, 5) is 31.0. The number of anilines is 1. The van der Waals surface area contributed by atoms with E-state index in [0.717, 1.165) is 22.0 Å². The van der Waals surface area contributed by atoms with Gasteiger partial charge in [0.1, 0.15) is 5.76 Å². The quantitative estimate of drug-likeness (QED) is 0.731. The first-order valence-electron chi connectivity index (χ1n) is 8.72. The molecular weight excluding hydrogens is 362 g/mol. The van der Waals surface area contributed by atoms with Gasteiger partial charge >= 0.3 is 0 Å². The van der Waals surface area contributed by atoms with Crippen LogP contribution in [0, 0.1) is 12.8 Å². The first-order chi connectivity index (χ1) is 13.1. The average Bonchev–Trinajstić information content (AvgIpc) is 3.38. The van der Waals surface area contributed by atoms with Crippen LogP contribution in [-0.4, -0.2) is 28.2 Å². The molecule has 138 valence electrons. The Morgan fingerprint density at radius 2 is 2.26 bits per heavy atom. The summed E-state index contributed by atoms with van der Waals surface area (Å²) in [5.74, 6) is 0.184. The van der Waals surface area contributed by atoms with E-state index in [4.69, 9.17) is 4.42 Å². The van der Waals surface area contributed by atoms with Crippen molar-refractivity contribution in [1.29, 1.82) is 0 Å². The van der Waals surface area contributed by atoms with Crippen LogP contribution in [0.25, 0.3) is 11.3 Å². The highest BCUT2D eigenvalue weighted by molar-refractivity contribution is 7.09. The minimum atomic E-state index is -0.363. The van der Waals surface area contributed by atoms with Gasteiger partial charge in [0.2, 0.25) is 11.8 Å². The Bertz CT molecular complexity index is 965. The van der Waals surface area contributed by atoms with Gasteiger partial charge in [0.25, 0.3) is 0 Å². The van der Waals surface area contributed by atoms with Crippen molar-refractivity contribution >= 4 is 28.8 Å². The van der Waals surface area contributed by atoms with Gasteiger partial charge in [-0.25, -0.2) is 4.98 Å². The maximum absolute atomic E-state index is 12.6. The van der Waals surface area contributed by atoms with Crippen molar-refractivity contribution in [1.82, 2.24) is 9.88 Å². The van der Waals surface area contributed by atoms with Gasteiger partial charge in [0.05, 0.1) is 29.4 Å². The van der Waals surface area contributed by atoms with Crippen molar-refractivity contribution in [2.45, 2.75) is 19.9 Å². The van der Waals surface area contributed by atoms with E-state index in [2.05, 4.69) is 10.3 Å². The van der Waals surface area contributed by atoms with Gasteiger partial charge in [0.15, 0.2) is 0 Å². The Balaban J connectivity index is 1.41. The third-order valence-corrected chi connectivity index (χ3v) is 5.33. The predicted molar refractivity (Wildman–Crippen MR) is 103 cm³/mol. The minimum absolute atomic E-state index is 0.0294. The topological polar surface area (TPSA) is 75.4 Å². The second kappa shape index (κ2) is 7.36. The molecule has 6 nitrogen and oxygen atoms in total. The molecule has 1 aliphatic heterocycles. The Morgan fingerprint density at radius 1 is 1.37 bits per heavy atom. The SMILES string of the molecule is Cc1nc(-c2cccc(NC(=O)[C@@H]3CC(=O)N(Cc4ccco4)C3)c2)cs1. The number of hydrogen-bond donors (Lipinski definition) is 1. The molecule has 2 amide bonds. The number of carbonyl (C=O) groups is 2. The first-order valence-corrected chi connectivity index (χ1v) is 9.60. The number of likely N-dealkylation sites (tertiary alicyclic amines) is 1. The third-order valence-electron chi connectivity index (χ3n) is 4.56. The van der Waals surface area contributed by atoms with E-state index in [1.165, 1.54) is 0 Å². The number of thiazole rings is 1. The van der Waals surface area contributed by atoms with Crippen LogP contribution in [-0.2, 0) is 16.1 Å². The van der Waals surface area contributed by atoms with Gasteiger partial charge in [-0.3, -0.25) is 9.59 Å². The third kappa shape index (κ3) is 3.93. The van der Waals surface area contributed by atoms with Crippen LogP contribution in [0.3, 0.4) is 0 Å². The van der Waals surface area contributed by atoms with Crippen LogP contribution >= 0.6 is 11.3 Å². The summed E-state index contributed by atoms with van der Waals surface area (Å²) >= 11 is 1.59. The monoisotopic (exact) mass is 381 g/mol. The van der Waals surface area contributed by atoms with E-state index in [9.17, 15) is 9.59 Å². The Labute approximate surface area is 160 Å². The number of hydrogen-bond acceptors (Lipinski definition) is 5. The van der Waals surface area contributed by atoms with E-state index < -0.39 is 0 Å². The van der Waals surface area contributed by atoms with Crippen molar-refractivity contribution < 1.29 is 14.0 Å². The smallest absolute Gasteiger partial charge is 0.229 e. The molecule has 0 aliphatic carbocycles. The van der Waals surface area contributed by atoms with Crippen molar-refractivity contribution in [3.8, 4) is 11.3 Å². The second-order valence-corrected chi connectivity index (χ2v) is 7.64. The molecule has 2 aromatic heterocycles. The van der Waals surface area contributed by atoms with Crippen molar-refractivity contribution in [2.24, 2.45) is 5.92 Å². The molecule has 0 bridgehead atoms. The Morgan fingerprint density at radius 3 is 3.00 bits per heavy atom. The maximum atomic E-state index is 12.6. The minimum Gasteiger partial charge on any atom is -0.467 e. The van der Waals surface area contributed by atoms with E-state index in [1.807, 2.05) is 42.6 Å². The number of rotatable bonds is 5. The summed E-state index contributed by atoms with van der Waals surface area (Å²) in [6, 6.07) is 11.2. The van der Waals surface area contributed by atoms with Gasteiger partial charge < -0.3 is 14.6 Å². The van der Waals surface area contributed by atoms with Crippen LogP contribution < -0.4 is 5.32 Å². The van der Waals surface area contributed by atoms with Crippen molar-refractivity contribution in [2.75, 3.05) is 11.9 Å². The number of amides is 2. The maximum Gasteiger partial charge on any atom is 0.229 e. The highest BCUT2D eigenvalue weighted by Crippen LogP contribution is 2.26. The molecule has 7 heteroatoms. The molecule has 27 heavy (non-hydrogen) atoms. The number of carbonyl (C=O) groups excluding carboxylic acids is 2. The number of nitrogens with zero attached hydrogens (tertiary/aromatic N) is 2. The van der Waals surface area contributed by atoms with E-state index in [-0.39, 0.29) is 24.2 Å². The lowest BCUT2D eigenvalue weighted by Gasteiger charge is -2.15. The van der Waals surface area contributed by atoms with Crippen molar-refractivity contribution in [3.05, 3.63) is 58.8 Å². The molecule has 1 saturated heterocycles. The zero-order chi connectivity index (χ0) is 18.8.